The van der Waals surface area contributed by atoms with Gasteiger partial charge < -0.3 is 5.32 Å². The van der Waals surface area contributed by atoms with Crippen molar-refractivity contribution in [3.05, 3.63) is 55.7 Å². The summed E-state index contributed by atoms with van der Waals surface area (Å²) in [6.07, 6.45) is 0. The molecule has 1 aliphatic heterocycles. The fourth-order valence-corrected chi connectivity index (χ4v) is 4.18. The minimum atomic E-state index is -0.610. The number of nitrogens with zero attached hydrogens (tertiary/aromatic N) is 1. The SMILES string of the molecule is Cl.Fc1ccc(F)c([C@H](c2ccc(Cl)s2)N2CCNCC2)c1Cl. The Labute approximate surface area is 153 Å². The van der Waals surface area contributed by atoms with E-state index in [1.165, 1.54) is 11.3 Å². The molecule has 0 aliphatic carbocycles. The molecule has 126 valence electrons. The highest BCUT2D eigenvalue weighted by Crippen LogP contribution is 2.40. The Balaban J connectivity index is 0.00000192. The average molecular weight is 400 g/mol. The van der Waals surface area contributed by atoms with Gasteiger partial charge in [-0.05, 0) is 24.3 Å². The lowest BCUT2D eigenvalue weighted by atomic mass is 10.0. The first-order valence-corrected chi connectivity index (χ1v) is 8.48. The summed E-state index contributed by atoms with van der Waals surface area (Å²) in [6.45, 7) is 3.05. The van der Waals surface area contributed by atoms with Gasteiger partial charge in [-0.15, -0.1) is 23.7 Å². The second-order valence-electron chi connectivity index (χ2n) is 5.09. The molecule has 1 atom stereocenters. The van der Waals surface area contributed by atoms with E-state index in [0.29, 0.717) is 4.34 Å². The van der Waals surface area contributed by atoms with Crippen molar-refractivity contribution in [2.24, 2.45) is 0 Å². The highest BCUT2D eigenvalue weighted by Gasteiger charge is 2.30. The largest absolute Gasteiger partial charge is 0.314 e. The van der Waals surface area contributed by atoms with E-state index in [2.05, 4.69) is 10.2 Å². The molecule has 1 fully saturated rings. The minimum Gasteiger partial charge on any atom is -0.314 e. The zero-order valence-electron chi connectivity index (χ0n) is 12.0. The maximum Gasteiger partial charge on any atom is 0.142 e. The Morgan fingerprint density at radius 1 is 1.04 bits per heavy atom. The van der Waals surface area contributed by atoms with E-state index in [9.17, 15) is 8.78 Å². The molecule has 1 aromatic carbocycles. The van der Waals surface area contributed by atoms with Gasteiger partial charge in [0.15, 0.2) is 0 Å². The molecular weight excluding hydrogens is 385 g/mol. The molecule has 0 bridgehead atoms. The molecule has 2 heterocycles. The zero-order chi connectivity index (χ0) is 15.7. The van der Waals surface area contributed by atoms with Crippen molar-refractivity contribution in [3.8, 4) is 0 Å². The van der Waals surface area contributed by atoms with Gasteiger partial charge >= 0.3 is 0 Å². The lowest BCUT2D eigenvalue weighted by Gasteiger charge is -2.35. The van der Waals surface area contributed by atoms with E-state index >= 15 is 0 Å². The van der Waals surface area contributed by atoms with Crippen molar-refractivity contribution in [1.29, 1.82) is 0 Å². The molecule has 23 heavy (non-hydrogen) atoms. The zero-order valence-corrected chi connectivity index (χ0v) is 15.1. The highest BCUT2D eigenvalue weighted by atomic mass is 35.5. The van der Waals surface area contributed by atoms with Crippen LogP contribution in [0.15, 0.2) is 24.3 Å². The number of hydrogen-bond donors (Lipinski definition) is 1. The van der Waals surface area contributed by atoms with Gasteiger partial charge in [0.25, 0.3) is 0 Å². The van der Waals surface area contributed by atoms with Crippen LogP contribution in [-0.4, -0.2) is 31.1 Å². The molecule has 0 amide bonds. The number of nitrogens with one attached hydrogen (secondary N) is 1. The third kappa shape index (κ3) is 3.98. The smallest absolute Gasteiger partial charge is 0.142 e. The van der Waals surface area contributed by atoms with Gasteiger partial charge in [0.2, 0.25) is 0 Å². The van der Waals surface area contributed by atoms with Crippen LogP contribution in [0.25, 0.3) is 0 Å². The van der Waals surface area contributed by atoms with Gasteiger partial charge in [-0.1, -0.05) is 23.2 Å². The van der Waals surface area contributed by atoms with Crippen LogP contribution < -0.4 is 5.32 Å². The molecule has 1 N–H and O–H groups in total. The summed E-state index contributed by atoms with van der Waals surface area (Å²) in [5.41, 5.74) is 0.182. The van der Waals surface area contributed by atoms with Crippen LogP contribution >= 0.6 is 46.9 Å². The van der Waals surface area contributed by atoms with Gasteiger partial charge in [-0.3, -0.25) is 4.90 Å². The molecule has 2 aromatic rings. The van der Waals surface area contributed by atoms with Crippen molar-refractivity contribution < 1.29 is 8.78 Å². The molecule has 2 nitrogen and oxygen atoms in total. The quantitative estimate of drug-likeness (QED) is 0.749. The van der Waals surface area contributed by atoms with Gasteiger partial charge in [-0.25, -0.2) is 8.78 Å². The van der Waals surface area contributed by atoms with Crippen molar-refractivity contribution >= 4 is 46.9 Å². The predicted octanol–water partition coefficient (Wildman–Crippen LogP) is 4.75. The number of hydrogen-bond acceptors (Lipinski definition) is 3. The molecular formula is C15H15Cl3F2N2S. The molecule has 1 saturated heterocycles. The molecule has 0 spiro atoms. The Morgan fingerprint density at radius 3 is 2.30 bits per heavy atom. The van der Waals surface area contributed by atoms with Gasteiger partial charge in [0, 0.05) is 36.6 Å². The van der Waals surface area contributed by atoms with Crippen LogP contribution in [0, 0.1) is 11.6 Å². The average Bonchev–Trinajstić information content (AvgIpc) is 2.94. The topological polar surface area (TPSA) is 15.3 Å². The Bertz CT molecular complexity index is 675. The molecule has 1 aliphatic rings. The molecule has 3 rings (SSSR count). The van der Waals surface area contributed by atoms with Crippen LogP contribution in [-0.2, 0) is 0 Å². The molecule has 0 radical (unpaired) electrons. The summed E-state index contributed by atoms with van der Waals surface area (Å²) >= 11 is 13.5. The number of halogens is 5. The van der Waals surface area contributed by atoms with Crippen molar-refractivity contribution in [2.75, 3.05) is 26.2 Å². The van der Waals surface area contributed by atoms with Gasteiger partial charge in [0.05, 0.1) is 15.4 Å². The normalized spacial score (nSPS) is 16.9. The standard InChI is InChI=1S/C15H14Cl2F2N2S.ClH/c16-12-4-3-11(22-12)15(21-7-5-20-6-8-21)13-9(18)1-2-10(19)14(13)17;/h1-4,15,20H,5-8H2;1H/t15-;/m0./s1. The van der Waals surface area contributed by atoms with E-state index in [0.717, 1.165) is 43.2 Å². The Hall–Kier alpha value is -0.430. The van der Waals surface area contributed by atoms with E-state index < -0.39 is 17.7 Å². The number of rotatable bonds is 3. The first kappa shape index (κ1) is 18.9. The first-order valence-electron chi connectivity index (χ1n) is 6.91. The van der Waals surface area contributed by atoms with Crippen LogP contribution in [0.3, 0.4) is 0 Å². The summed E-state index contributed by atoms with van der Waals surface area (Å²) in [7, 11) is 0. The fourth-order valence-electron chi connectivity index (χ4n) is 2.71. The number of benzene rings is 1. The van der Waals surface area contributed by atoms with E-state index in [1.54, 1.807) is 6.07 Å². The monoisotopic (exact) mass is 398 g/mol. The summed E-state index contributed by atoms with van der Waals surface area (Å²) in [4.78, 5) is 2.96. The Morgan fingerprint density at radius 2 is 1.70 bits per heavy atom. The number of piperazine rings is 1. The van der Waals surface area contributed by atoms with E-state index in [4.69, 9.17) is 23.2 Å². The van der Waals surface area contributed by atoms with Crippen molar-refractivity contribution in [2.45, 2.75) is 6.04 Å². The van der Waals surface area contributed by atoms with Gasteiger partial charge in [0.1, 0.15) is 11.6 Å². The summed E-state index contributed by atoms with van der Waals surface area (Å²) in [5.74, 6) is -1.11. The third-order valence-corrected chi connectivity index (χ3v) is 5.40. The van der Waals surface area contributed by atoms with E-state index in [1.807, 2.05) is 6.07 Å². The number of thiophene rings is 1. The fraction of sp³-hybridized carbons (Fsp3) is 0.333. The predicted molar refractivity (Wildman–Crippen MR) is 94.2 cm³/mol. The second-order valence-corrected chi connectivity index (χ2v) is 7.21. The summed E-state index contributed by atoms with van der Waals surface area (Å²) < 4.78 is 28.9. The lowest BCUT2D eigenvalue weighted by molar-refractivity contribution is 0.197. The molecule has 0 unspecified atom stereocenters. The third-order valence-electron chi connectivity index (χ3n) is 3.73. The maximum absolute atomic E-state index is 14.4. The van der Waals surface area contributed by atoms with Crippen molar-refractivity contribution in [1.82, 2.24) is 10.2 Å². The van der Waals surface area contributed by atoms with Gasteiger partial charge in [-0.2, -0.15) is 0 Å². The molecule has 8 heteroatoms. The van der Waals surface area contributed by atoms with E-state index in [-0.39, 0.29) is 23.0 Å². The van der Waals surface area contributed by atoms with Crippen LogP contribution in [0.4, 0.5) is 8.78 Å². The highest BCUT2D eigenvalue weighted by molar-refractivity contribution is 7.16. The summed E-state index contributed by atoms with van der Waals surface area (Å²) in [6, 6.07) is 5.36. The maximum atomic E-state index is 14.4. The summed E-state index contributed by atoms with van der Waals surface area (Å²) in [5, 5.41) is 3.09. The molecule has 1 aromatic heterocycles. The van der Waals surface area contributed by atoms with Crippen molar-refractivity contribution in [3.63, 3.8) is 0 Å². The minimum absolute atomic E-state index is 0. The van der Waals surface area contributed by atoms with Crippen LogP contribution in [0.1, 0.15) is 16.5 Å². The lowest BCUT2D eigenvalue weighted by Crippen LogP contribution is -2.45. The second kappa shape index (κ2) is 8.10. The Kier molecular flexibility index (Phi) is 6.66. The van der Waals surface area contributed by atoms with Crippen LogP contribution in [0.5, 0.6) is 0 Å². The van der Waals surface area contributed by atoms with Crippen LogP contribution in [0.2, 0.25) is 9.36 Å². The first-order chi connectivity index (χ1) is 10.6. The molecule has 0 saturated carbocycles.